The van der Waals surface area contributed by atoms with Crippen LogP contribution in [0.4, 0.5) is 0 Å². The Morgan fingerprint density at radius 3 is 2.75 bits per heavy atom. The molecule has 1 heterocycles. The van der Waals surface area contributed by atoms with Gasteiger partial charge in [0.15, 0.2) is 5.11 Å². The lowest BCUT2D eigenvalue weighted by Gasteiger charge is -2.29. The molecule has 2 aliphatic rings. The minimum Gasteiger partial charge on any atom is -0.496 e. The van der Waals surface area contributed by atoms with E-state index in [2.05, 4.69) is 5.32 Å². The molecular formula is C19H22N2O2S. The second-order valence-corrected chi connectivity index (χ2v) is 6.47. The molecule has 1 aromatic rings. The molecule has 5 heteroatoms. The Morgan fingerprint density at radius 1 is 1.25 bits per heavy atom. The van der Waals surface area contributed by atoms with Gasteiger partial charge < -0.3 is 10.1 Å². The maximum atomic E-state index is 12.6. The van der Waals surface area contributed by atoms with Crippen molar-refractivity contribution in [3.05, 3.63) is 47.7 Å². The third kappa shape index (κ3) is 3.51. The predicted molar refractivity (Wildman–Crippen MR) is 99.6 cm³/mol. The van der Waals surface area contributed by atoms with E-state index in [0.717, 1.165) is 24.2 Å². The molecule has 1 aliphatic heterocycles. The van der Waals surface area contributed by atoms with Gasteiger partial charge in [0.05, 0.1) is 7.11 Å². The Hall–Kier alpha value is -2.14. The first kappa shape index (κ1) is 16.7. The molecule has 1 aliphatic carbocycles. The molecule has 0 spiro atoms. The lowest BCUT2D eigenvalue weighted by atomic mass is 9.94. The Morgan fingerprint density at radius 2 is 2.00 bits per heavy atom. The van der Waals surface area contributed by atoms with E-state index in [0.29, 0.717) is 10.8 Å². The molecule has 24 heavy (non-hydrogen) atoms. The fourth-order valence-electron chi connectivity index (χ4n) is 3.29. The van der Waals surface area contributed by atoms with E-state index in [1.54, 1.807) is 18.1 Å². The smallest absolute Gasteiger partial charge is 0.276 e. The highest BCUT2D eigenvalue weighted by atomic mass is 32.1. The van der Waals surface area contributed by atoms with Crippen LogP contribution >= 0.6 is 12.2 Å². The van der Waals surface area contributed by atoms with Crippen LogP contribution in [-0.4, -0.2) is 29.1 Å². The van der Waals surface area contributed by atoms with E-state index < -0.39 is 0 Å². The van der Waals surface area contributed by atoms with Crippen LogP contribution < -0.4 is 10.1 Å². The van der Waals surface area contributed by atoms with Crippen molar-refractivity contribution < 1.29 is 9.53 Å². The van der Waals surface area contributed by atoms with Crippen LogP contribution in [-0.2, 0) is 4.79 Å². The Bertz CT molecular complexity index is 690. The molecule has 4 nitrogen and oxygen atoms in total. The molecule has 2 fully saturated rings. The second kappa shape index (κ2) is 7.62. The van der Waals surface area contributed by atoms with Crippen molar-refractivity contribution >= 4 is 29.3 Å². The molecular weight excluding hydrogens is 320 g/mol. The highest BCUT2D eigenvalue weighted by molar-refractivity contribution is 7.80. The van der Waals surface area contributed by atoms with Crippen LogP contribution in [0.3, 0.4) is 0 Å². The largest absolute Gasteiger partial charge is 0.496 e. The van der Waals surface area contributed by atoms with Crippen molar-refractivity contribution in [2.24, 2.45) is 0 Å². The molecule has 0 atom stereocenters. The number of nitrogens with zero attached hydrogens (tertiary/aromatic N) is 1. The van der Waals surface area contributed by atoms with Crippen molar-refractivity contribution in [2.75, 3.05) is 7.11 Å². The van der Waals surface area contributed by atoms with E-state index in [-0.39, 0.29) is 11.9 Å². The summed E-state index contributed by atoms with van der Waals surface area (Å²) in [4.78, 5) is 14.4. The molecule has 1 saturated heterocycles. The lowest BCUT2D eigenvalue weighted by molar-refractivity contribution is -0.124. The average molecular weight is 342 g/mol. The summed E-state index contributed by atoms with van der Waals surface area (Å²) in [5.74, 6) is 0.786. The van der Waals surface area contributed by atoms with E-state index in [9.17, 15) is 4.79 Å². The fourth-order valence-corrected chi connectivity index (χ4v) is 3.63. The summed E-state index contributed by atoms with van der Waals surface area (Å²) in [7, 11) is 1.65. The number of para-hydroxylation sites is 1. The van der Waals surface area contributed by atoms with Crippen LogP contribution in [0.25, 0.3) is 6.08 Å². The first-order chi connectivity index (χ1) is 11.7. The first-order valence-electron chi connectivity index (χ1n) is 8.36. The van der Waals surface area contributed by atoms with Crippen LogP contribution in [0.1, 0.15) is 37.7 Å². The normalized spacial score (nSPS) is 20.9. The van der Waals surface area contributed by atoms with Crippen LogP contribution in [0.2, 0.25) is 0 Å². The van der Waals surface area contributed by atoms with Crippen LogP contribution in [0, 0.1) is 0 Å². The van der Waals surface area contributed by atoms with Crippen LogP contribution in [0.5, 0.6) is 5.75 Å². The van der Waals surface area contributed by atoms with Gasteiger partial charge in [-0.3, -0.25) is 9.69 Å². The van der Waals surface area contributed by atoms with Crippen LogP contribution in [0.15, 0.2) is 42.1 Å². The number of carbonyl (C=O) groups is 1. The molecule has 1 saturated carbocycles. The lowest BCUT2D eigenvalue weighted by Crippen LogP contribution is -2.41. The molecule has 1 N–H and O–H groups in total. The SMILES string of the molecule is COc1ccccc1/C=C/C=C1\NC(=S)N(C2CCCCC2)C1=O. The number of benzene rings is 1. The van der Waals surface area contributed by atoms with Crippen molar-refractivity contribution in [3.63, 3.8) is 0 Å². The first-order valence-corrected chi connectivity index (χ1v) is 8.77. The monoisotopic (exact) mass is 342 g/mol. The predicted octanol–water partition coefficient (Wildman–Crippen LogP) is 3.64. The standard InChI is InChI=1S/C19H22N2O2S/c1-23-17-13-6-5-8-14(17)9-7-12-16-18(22)21(19(24)20-16)15-10-3-2-4-11-15/h5-9,12-13,15H,2-4,10-11H2,1H3,(H,20,24)/b9-7+,16-12-. The van der Waals surface area contributed by atoms with Gasteiger partial charge in [-0.25, -0.2) is 0 Å². The van der Waals surface area contributed by atoms with Crippen molar-refractivity contribution in [1.82, 2.24) is 10.2 Å². The summed E-state index contributed by atoms with van der Waals surface area (Å²) < 4.78 is 5.32. The average Bonchev–Trinajstić information content (AvgIpc) is 2.90. The zero-order valence-corrected chi connectivity index (χ0v) is 14.6. The second-order valence-electron chi connectivity index (χ2n) is 6.08. The molecule has 3 rings (SSSR count). The zero-order valence-electron chi connectivity index (χ0n) is 13.8. The summed E-state index contributed by atoms with van der Waals surface area (Å²) in [5, 5.41) is 3.58. The summed E-state index contributed by atoms with van der Waals surface area (Å²) in [5.41, 5.74) is 1.51. The number of carbonyl (C=O) groups excluding carboxylic acids is 1. The third-order valence-corrected chi connectivity index (χ3v) is 4.83. The molecule has 0 bridgehead atoms. The number of ether oxygens (including phenoxy) is 1. The maximum Gasteiger partial charge on any atom is 0.276 e. The third-order valence-electron chi connectivity index (χ3n) is 4.53. The van der Waals surface area contributed by atoms with E-state index >= 15 is 0 Å². The Balaban J connectivity index is 1.73. The number of hydrogen-bond donors (Lipinski definition) is 1. The summed E-state index contributed by atoms with van der Waals surface area (Å²) in [6.07, 6.45) is 11.2. The Kier molecular flexibility index (Phi) is 5.30. The highest BCUT2D eigenvalue weighted by Gasteiger charge is 2.36. The fraction of sp³-hybridized carbons (Fsp3) is 0.368. The number of rotatable bonds is 4. The Labute approximate surface area is 148 Å². The molecule has 1 amide bonds. The molecule has 0 aromatic heterocycles. The van der Waals surface area contributed by atoms with Gasteiger partial charge in [0.2, 0.25) is 0 Å². The topological polar surface area (TPSA) is 41.6 Å². The zero-order chi connectivity index (χ0) is 16.9. The van der Waals surface area contributed by atoms with Crippen molar-refractivity contribution in [1.29, 1.82) is 0 Å². The number of amides is 1. The van der Waals surface area contributed by atoms with E-state index in [4.69, 9.17) is 17.0 Å². The van der Waals surface area contributed by atoms with Gasteiger partial charge in [-0.05, 0) is 37.2 Å². The quantitative estimate of drug-likeness (QED) is 0.670. The molecule has 0 radical (unpaired) electrons. The number of nitrogens with one attached hydrogen (secondary N) is 1. The van der Waals surface area contributed by atoms with Gasteiger partial charge in [0, 0.05) is 11.6 Å². The van der Waals surface area contributed by atoms with Gasteiger partial charge in [0.25, 0.3) is 5.91 Å². The number of hydrogen-bond acceptors (Lipinski definition) is 3. The summed E-state index contributed by atoms with van der Waals surface area (Å²) >= 11 is 5.37. The van der Waals surface area contributed by atoms with Gasteiger partial charge in [-0.2, -0.15) is 0 Å². The van der Waals surface area contributed by atoms with Gasteiger partial charge in [-0.15, -0.1) is 0 Å². The number of allylic oxidation sites excluding steroid dienone is 2. The summed E-state index contributed by atoms with van der Waals surface area (Å²) in [6.45, 7) is 0. The van der Waals surface area contributed by atoms with Crippen molar-refractivity contribution in [2.45, 2.75) is 38.1 Å². The molecule has 0 unspecified atom stereocenters. The van der Waals surface area contributed by atoms with Crippen molar-refractivity contribution in [3.8, 4) is 5.75 Å². The highest BCUT2D eigenvalue weighted by Crippen LogP contribution is 2.26. The number of thiocarbonyl (C=S) groups is 1. The molecule has 1 aromatic carbocycles. The number of methoxy groups -OCH3 is 1. The van der Waals surface area contributed by atoms with Gasteiger partial charge in [0.1, 0.15) is 11.4 Å². The molecule has 126 valence electrons. The van der Waals surface area contributed by atoms with E-state index in [1.807, 2.05) is 36.4 Å². The summed E-state index contributed by atoms with van der Waals surface area (Å²) in [6, 6.07) is 8.00. The maximum absolute atomic E-state index is 12.6. The van der Waals surface area contributed by atoms with Gasteiger partial charge in [-0.1, -0.05) is 49.6 Å². The van der Waals surface area contributed by atoms with E-state index in [1.165, 1.54) is 19.3 Å². The minimum atomic E-state index is -0.0171. The van der Waals surface area contributed by atoms with Gasteiger partial charge >= 0.3 is 0 Å². The minimum absolute atomic E-state index is 0.0171.